The highest BCUT2D eigenvalue weighted by atomic mass is 32.2. The minimum Gasteiger partial charge on any atom is -0.497 e. The lowest BCUT2D eigenvalue weighted by molar-refractivity contribution is 0.380. The van der Waals surface area contributed by atoms with Crippen LogP contribution in [0, 0.1) is 0 Å². The van der Waals surface area contributed by atoms with Gasteiger partial charge < -0.3 is 10.1 Å². The van der Waals surface area contributed by atoms with Crippen LogP contribution < -0.4 is 10.1 Å². The Bertz CT molecular complexity index is 589. The van der Waals surface area contributed by atoms with Crippen molar-refractivity contribution in [3.05, 3.63) is 18.2 Å². The molecule has 1 aromatic rings. The van der Waals surface area contributed by atoms with Crippen molar-refractivity contribution < 1.29 is 13.2 Å². The summed E-state index contributed by atoms with van der Waals surface area (Å²) in [6.45, 7) is 0.523. The van der Waals surface area contributed by atoms with Crippen molar-refractivity contribution in [1.29, 1.82) is 0 Å². The second kappa shape index (κ2) is 4.40. The van der Waals surface area contributed by atoms with Gasteiger partial charge in [0.1, 0.15) is 5.75 Å². The fourth-order valence-corrected chi connectivity index (χ4v) is 5.46. The van der Waals surface area contributed by atoms with Gasteiger partial charge in [0.2, 0.25) is 0 Å². The maximum atomic E-state index is 12.9. The van der Waals surface area contributed by atoms with E-state index in [2.05, 4.69) is 5.32 Å². The molecule has 1 aliphatic carbocycles. The predicted molar refractivity (Wildman–Crippen MR) is 74.5 cm³/mol. The number of nitrogens with one attached hydrogen (secondary N) is 1. The first-order valence-electron chi connectivity index (χ1n) is 6.76. The number of hydrogen-bond donors (Lipinski definition) is 1. The molecule has 2 aliphatic rings. The zero-order valence-corrected chi connectivity index (χ0v) is 11.9. The number of benzene rings is 1. The van der Waals surface area contributed by atoms with Crippen LogP contribution in [0.15, 0.2) is 23.1 Å². The van der Waals surface area contributed by atoms with Gasteiger partial charge in [-0.15, -0.1) is 0 Å². The second-order valence-electron chi connectivity index (χ2n) is 5.46. The van der Waals surface area contributed by atoms with E-state index in [1.165, 1.54) is 0 Å². The SMILES string of the molecule is COc1ccc2c(c1)NCC1(CCCCC1)S2(=O)=O. The van der Waals surface area contributed by atoms with Crippen molar-refractivity contribution in [2.24, 2.45) is 0 Å². The molecule has 19 heavy (non-hydrogen) atoms. The summed E-state index contributed by atoms with van der Waals surface area (Å²) in [6.07, 6.45) is 4.70. The normalized spacial score (nSPS) is 23.4. The monoisotopic (exact) mass is 281 g/mol. The van der Waals surface area contributed by atoms with Gasteiger partial charge in [-0.05, 0) is 25.0 Å². The lowest BCUT2D eigenvalue weighted by atomic mass is 9.88. The average Bonchev–Trinajstić information content (AvgIpc) is 2.44. The first-order chi connectivity index (χ1) is 9.09. The summed E-state index contributed by atoms with van der Waals surface area (Å²) in [5, 5.41) is 3.29. The third kappa shape index (κ3) is 1.83. The Kier molecular flexibility index (Phi) is 2.96. The van der Waals surface area contributed by atoms with Crippen molar-refractivity contribution in [2.75, 3.05) is 19.0 Å². The molecule has 1 aromatic carbocycles. The molecule has 0 radical (unpaired) electrons. The molecule has 1 N–H and O–H groups in total. The fraction of sp³-hybridized carbons (Fsp3) is 0.571. The molecule has 0 aromatic heterocycles. The van der Waals surface area contributed by atoms with Crippen molar-refractivity contribution in [3.8, 4) is 5.75 Å². The van der Waals surface area contributed by atoms with Gasteiger partial charge in [0, 0.05) is 12.6 Å². The number of anilines is 1. The van der Waals surface area contributed by atoms with Gasteiger partial charge in [0.25, 0.3) is 0 Å². The van der Waals surface area contributed by atoms with Crippen LogP contribution in [0.4, 0.5) is 5.69 Å². The van der Waals surface area contributed by atoms with Gasteiger partial charge in [0.05, 0.1) is 22.4 Å². The van der Waals surface area contributed by atoms with Gasteiger partial charge >= 0.3 is 0 Å². The third-order valence-electron chi connectivity index (χ3n) is 4.41. The van der Waals surface area contributed by atoms with Crippen LogP contribution in [0.2, 0.25) is 0 Å². The Morgan fingerprint density at radius 1 is 1.21 bits per heavy atom. The number of hydrogen-bond acceptors (Lipinski definition) is 4. The zero-order valence-electron chi connectivity index (χ0n) is 11.1. The van der Waals surface area contributed by atoms with Crippen LogP contribution in [0.3, 0.4) is 0 Å². The standard InChI is InChI=1S/C14H19NO3S/c1-18-11-5-6-13-12(9-11)15-10-14(19(13,16)17)7-3-2-4-8-14/h5-6,9,15H,2-4,7-8,10H2,1H3. The van der Waals surface area contributed by atoms with Crippen LogP contribution in [0.5, 0.6) is 5.75 Å². The Morgan fingerprint density at radius 3 is 2.63 bits per heavy atom. The molecule has 1 aliphatic heterocycles. The number of ether oxygens (including phenoxy) is 1. The van der Waals surface area contributed by atoms with E-state index in [0.29, 0.717) is 22.9 Å². The molecule has 0 amide bonds. The highest BCUT2D eigenvalue weighted by Crippen LogP contribution is 2.44. The lowest BCUT2D eigenvalue weighted by Crippen LogP contribution is -2.49. The summed E-state index contributed by atoms with van der Waals surface area (Å²) in [5.41, 5.74) is 0.676. The minimum atomic E-state index is -3.25. The third-order valence-corrected chi connectivity index (χ3v) is 7.04. The highest BCUT2D eigenvalue weighted by molar-refractivity contribution is 7.93. The average molecular weight is 281 g/mol. The van der Waals surface area contributed by atoms with E-state index in [0.717, 1.165) is 32.1 Å². The summed E-state index contributed by atoms with van der Waals surface area (Å²) < 4.78 is 30.4. The van der Waals surface area contributed by atoms with Crippen molar-refractivity contribution in [1.82, 2.24) is 0 Å². The molecule has 0 unspecified atom stereocenters. The summed E-state index contributed by atoms with van der Waals surface area (Å²) in [7, 11) is -1.66. The molecule has 3 rings (SSSR count). The topological polar surface area (TPSA) is 55.4 Å². The summed E-state index contributed by atoms with van der Waals surface area (Å²) in [5.74, 6) is 0.682. The van der Waals surface area contributed by atoms with E-state index in [-0.39, 0.29) is 0 Å². The van der Waals surface area contributed by atoms with Crippen LogP contribution in [0.1, 0.15) is 32.1 Å². The highest BCUT2D eigenvalue weighted by Gasteiger charge is 2.48. The molecule has 4 nitrogen and oxygen atoms in total. The summed E-state index contributed by atoms with van der Waals surface area (Å²) in [4.78, 5) is 0.432. The lowest BCUT2D eigenvalue weighted by Gasteiger charge is -2.40. The summed E-state index contributed by atoms with van der Waals surface area (Å²) >= 11 is 0. The Hall–Kier alpha value is -1.23. The molecule has 5 heteroatoms. The number of methoxy groups -OCH3 is 1. The van der Waals surface area contributed by atoms with Gasteiger partial charge in [-0.1, -0.05) is 19.3 Å². The molecular formula is C14H19NO3S. The van der Waals surface area contributed by atoms with Gasteiger partial charge in [-0.3, -0.25) is 0 Å². The molecule has 1 heterocycles. The second-order valence-corrected chi connectivity index (χ2v) is 7.78. The zero-order chi connectivity index (χ0) is 13.5. The van der Waals surface area contributed by atoms with Gasteiger partial charge in [0.15, 0.2) is 9.84 Å². The maximum absolute atomic E-state index is 12.9. The van der Waals surface area contributed by atoms with E-state index < -0.39 is 14.6 Å². The van der Waals surface area contributed by atoms with Gasteiger partial charge in [-0.2, -0.15) is 0 Å². The van der Waals surface area contributed by atoms with E-state index in [1.54, 1.807) is 25.3 Å². The van der Waals surface area contributed by atoms with Gasteiger partial charge in [-0.25, -0.2) is 8.42 Å². The predicted octanol–water partition coefficient (Wildman–Crippen LogP) is 2.60. The minimum absolute atomic E-state index is 0.432. The molecule has 1 spiro atoms. The number of rotatable bonds is 1. The van der Waals surface area contributed by atoms with Crippen LogP contribution in [-0.2, 0) is 9.84 Å². The van der Waals surface area contributed by atoms with Crippen molar-refractivity contribution in [2.45, 2.75) is 41.7 Å². The quantitative estimate of drug-likeness (QED) is 0.859. The molecular weight excluding hydrogens is 262 g/mol. The Balaban J connectivity index is 2.09. The van der Waals surface area contributed by atoms with E-state index in [1.807, 2.05) is 0 Å². The van der Waals surface area contributed by atoms with Crippen LogP contribution in [0.25, 0.3) is 0 Å². The van der Waals surface area contributed by atoms with Crippen LogP contribution >= 0.6 is 0 Å². The molecule has 0 bridgehead atoms. The molecule has 104 valence electrons. The molecule has 1 saturated carbocycles. The molecule has 1 fully saturated rings. The van der Waals surface area contributed by atoms with E-state index in [9.17, 15) is 8.42 Å². The molecule has 0 atom stereocenters. The smallest absolute Gasteiger partial charge is 0.187 e. The Labute approximate surface area is 114 Å². The Morgan fingerprint density at radius 2 is 1.95 bits per heavy atom. The largest absolute Gasteiger partial charge is 0.497 e. The fourth-order valence-electron chi connectivity index (χ4n) is 3.23. The van der Waals surface area contributed by atoms with Crippen LogP contribution in [-0.4, -0.2) is 26.8 Å². The number of sulfone groups is 1. The first-order valence-corrected chi connectivity index (χ1v) is 8.24. The summed E-state index contributed by atoms with van der Waals surface area (Å²) in [6, 6.07) is 5.16. The van der Waals surface area contributed by atoms with E-state index >= 15 is 0 Å². The van der Waals surface area contributed by atoms with E-state index in [4.69, 9.17) is 4.74 Å². The maximum Gasteiger partial charge on any atom is 0.187 e. The first kappa shape index (κ1) is 12.8. The van der Waals surface area contributed by atoms with Crippen molar-refractivity contribution in [3.63, 3.8) is 0 Å². The molecule has 0 saturated heterocycles. The van der Waals surface area contributed by atoms with Crippen molar-refractivity contribution >= 4 is 15.5 Å². The number of fused-ring (bicyclic) bond motifs is 1.